The number of carbonyl (C=O) groups is 1. The van der Waals surface area contributed by atoms with Crippen molar-refractivity contribution >= 4 is 5.91 Å². The van der Waals surface area contributed by atoms with E-state index in [2.05, 4.69) is 0 Å². The van der Waals surface area contributed by atoms with Gasteiger partial charge in [0.25, 0.3) is 5.91 Å². The first kappa shape index (κ1) is 12.5. The van der Waals surface area contributed by atoms with Gasteiger partial charge in [0.1, 0.15) is 5.75 Å². The van der Waals surface area contributed by atoms with E-state index in [0.717, 1.165) is 30.0 Å². The summed E-state index contributed by atoms with van der Waals surface area (Å²) in [5.41, 5.74) is 1.97. The maximum absolute atomic E-state index is 12.4. The molecule has 1 heterocycles. The predicted molar refractivity (Wildman–Crippen MR) is 74.3 cm³/mol. The van der Waals surface area contributed by atoms with Crippen LogP contribution in [0.1, 0.15) is 48.0 Å². The molecule has 1 aromatic rings. The fourth-order valence-corrected chi connectivity index (χ4v) is 3.30. The molecule has 0 radical (unpaired) electrons. The van der Waals surface area contributed by atoms with Crippen molar-refractivity contribution in [2.75, 3.05) is 13.7 Å². The fourth-order valence-electron chi connectivity index (χ4n) is 3.30. The average Bonchev–Trinajstić information content (AvgIpc) is 2.76. The molecule has 0 bridgehead atoms. The van der Waals surface area contributed by atoms with E-state index in [-0.39, 0.29) is 5.91 Å². The Bertz CT molecular complexity index is 478. The van der Waals surface area contributed by atoms with Crippen LogP contribution in [0.2, 0.25) is 0 Å². The second kappa shape index (κ2) is 5.24. The minimum atomic E-state index is 0.180. The van der Waals surface area contributed by atoms with Crippen LogP contribution in [0.4, 0.5) is 0 Å². The molecular formula is C16H21NO2. The Hall–Kier alpha value is -1.51. The van der Waals surface area contributed by atoms with Crippen molar-refractivity contribution in [3.63, 3.8) is 0 Å². The Morgan fingerprint density at radius 1 is 1.26 bits per heavy atom. The van der Waals surface area contributed by atoms with Gasteiger partial charge in [-0.05, 0) is 36.5 Å². The van der Waals surface area contributed by atoms with Gasteiger partial charge in [-0.1, -0.05) is 25.3 Å². The Labute approximate surface area is 114 Å². The molecule has 1 saturated carbocycles. The Morgan fingerprint density at radius 2 is 2.05 bits per heavy atom. The summed E-state index contributed by atoms with van der Waals surface area (Å²) in [5, 5.41) is 0. The summed E-state index contributed by atoms with van der Waals surface area (Å²) >= 11 is 0. The Kier molecular flexibility index (Phi) is 3.45. The van der Waals surface area contributed by atoms with Gasteiger partial charge in [-0.2, -0.15) is 0 Å². The molecule has 19 heavy (non-hydrogen) atoms. The highest BCUT2D eigenvalue weighted by atomic mass is 16.5. The topological polar surface area (TPSA) is 29.5 Å². The van der Waals surface area contributed by atoms with Gasteiger partial charge in [0.05, 0.1) is 7.11 Å². The van der Waals surface area contributed by atoms with Crippen molar-refractivity contribution in [3.05, 3.63) is 29.3 Å². The lowest BCUT2D eigenvalue weighted by atomic mass is 9.89. The van der Waals surface area contributed by atoms with Crippen molar-refractivity contribution in [2.45, 2.75) is 38.6 Å². The highest BCUT2D eigenvalue weighted by molar-refractivity contribution is 5.98. The standard InChI is InChI=1S/C16H21NO2/c1-19-14-8-7-13-11-17(16(18)15(13)9-14)10-12-5-3-2-4-6-12/h7-9,12H,2-6,10-11H2,1H3. The molecule has 1 aliphatic carbocycles. The molecule has 0 aromatic heterocycles. The zero-order valence-electron chi connectivity index (χ0n) is 11.5. The predicted octanol–water partition coefficient (Wildman–Crippen LogP) is 3.23. The normalized spacial score (nSPS) is 19.6. The lowest BCUT2D eigenvalue weighted by Crippen LogP contribution is -2.30. The highest BCUT2D eigenvalue weighted by Crippen LogP contribution is 2.30. The number of hydrogen-bond acceptors (Lipinski definition) is 2. The van der Waals surface area contributed by atoms with Gasteiger partial charge in [-0.3, -0.25) is 4.79 Å². The van der Waals surface area contributed by atoms with Gasteiger partial charge in [0.2, 0.25) is 0 Å². The average molecular weight is 259 g/mol. The molecule has 1 aliphatic heterocycles. The number of nitrogens with zero attached hydrogens (tertiary/aromatic N) is 1. The molecule has 1 aromatic carbocycles. The molecule has 0 spiro atoms. The number of rotatable bonds is 3. The van der Waals surface area contributed by atoms with Crippen LogP contribution in [0.3, 0.4) is 0 Å². The minimum Gasteiger partial charge on any atom is -0.497 e. The van der Waals surface area contributed by atoms with Crippen molar-refractivity contribution in [3.8, 4) is 5.75 Å². The molecule has 1 fully saturated rings. The number of amides is 1. The highest BCUT2D eigenvalue weighted by Gasteiger charge is 2.29. The van der Waals surface area contributed by atoms with Gasteiger partial charge in [0, 0.05) is 18.7 Å². The summed E-state index contributed by atoms with van der Waals surface area (Å²) in [6, 6.07) is 5.84. The van der Waals surface area contributed by atoms with Crippen molar-refractivity contribution in [2.24, 2.45) is 5.92 Å². The molecule has 1 amide bonds. The molecule has 102 valence electrons. The van der Waals surface area contributed by atoms with Gasteiger partial charge in [-0.15, -0.1) is 0 Å². The fraction of sp³-hybridized carbons (Fsp3) is 0.562. The van der Waals surface area contributed by atoms with E-state index in [1.54, 1.807) is 7.11 Å². The lowest BCUT2D eigenvalue weighted by molar-refractivity contribution is 0.0737. The molecule has 2 aliphatic rings. The third-order valence-corrected chi connectivity index (χ3v) is 4.40. The third-order valence-electron chi connectivity index (χ3n) is 4.40. The van der Waals surface area contributed by atoms with E-state index in [9.17, 15) is 4.79 Å². The largest absolute Gasteiger partial charge is 0.497 e. The van der Waals surface area contributed by atoms with Gasteiger partial charge in [-0.25, -0.2) is 0 Å². The van der Waals surface area contributed by atoms with Crippen LogP contribution < -0.4 is 4.74 Å². The Morgan fingerprint density at radius 3 is 2.79 bits per heavy atom. The summed E-state index contributed by atoms with van der Waals surface area (Å²) < 4.78 is 5.20. The summed E-state index contributed by atoms with van der Waals surface area (Å²) in [5.74, 6) is 1.65. The zero-order valence-corrected chi connectivity index (χ0v) is 11.5. The second-order valence-corrected chi connectivity index (χ2v) is 5.71. The number of fused-ring (bicyclic) bond motifs is 1. The molecule has 3 heteroatoms. The van der Waals surface area contributed by atoms with E-state index in [1.165, 1.54) is 32.1 Å². The number of carbonyl (C=O) groups excluding carboxylic acids is 1. The van der Waals surface area contributed by atoms with E-state index in [4.69, 9.17) is 4.74 Å². The maximum atomic E-state index is 12.4. The van der Waals surface area contributed by atoms with Crippen molar-refractivity contribution < 1.29 is 9.53 Å². The quantitative estimate of drug-likeness (QED) is 0.834. The van der Waals surface area contributed by atoms with Crippen LogP contribution in [0.25, 0.3) is 0 Å². The third kappa shape index (κ3) is 2.46. The van der Waals surface area contributed by atoms with E-state index in [0.29, 0.717) is 5.92 Å². The van der Waals surface area contributed by atoms with Crippen LogP contribution in [0, 0.1) is 5.92 Å². The number of ether oxygens (including phenoxy) is 1. The molecule has 0 atom stereocenters. The SMILES string of the molecule is COc1ccc2c(c1)C(=O)N(CC1CCCCC1)C2. The van der Waals surface area contributed by atoms with Crippen LogP contribution in [0.5, 0.6) is 5.75 Å². The summed E-state index contributed by atoms with van der Waals surface area (Å²) in [6.07, 6.45) is 6.58. The van der Waals surface area contributed by atoms with Crippen molar-refractivity contribution in [1.82, 2.24) is 4.90 Å². The van der Waals surface area contributed by atoms with Gasteiger partial charge >= 0.3 is 0 Å². The van der Waals surface area contributed by atoms with Crippen LogP contribution in [0.15, 0.2) is 18.2 Å². The van der Waals surface area contributed by atoms with Crippen LogP contribution in [-0.4, -0.2) is 24.5 Å². The van der Waals surface area contributed by atoms with Crippen LogP contribution >= 0.6 is 0 Å². The van der Waals surface area contributed by atoms with Crippen LogP contribution in [-0.2, 0) is 6.54 Å². The summed E-state index contributed by atoms with van der Waals surface area (Å²) in [4.78, 5) is 14.4. The summed E-state index contributed by atoms with van der Waals surface area (Å²) in [6.45, 7) is 1.70. The monoisotopic (exact) mass is 259 g/mol. The summed E-state index contributed by atoms with van der Waals surface area (Å²) in [7, 11) is 1.64. The molecule has 0 saturated heterocycles. The van der Waals surface area contributed by atoms with E-state index < -0.39 is 0 Å². The van der Waals surface area contributed by atoms with E-state index in [1.807, 2.05) is 23.1 Å². The number of benzene rings is 1. The molecule has 3 rings (SSSR count). The molecule has 0 unspecified atom stereocenters. The van der Waals surface area contributed by atoms with E-state index >= 15 is 0 Å². The van der Waals surface area contributed by atoms with Gasteiger partial charge in [0.15, 0.2) is 0 Å². The molecular weight excluding hydrogens is 238 g/mol. The first-order valence-corrected chi connectivity index (χ1v) is 7.24. The van der Waals surface area contributed by atoms with Crippen molar-refractivity contribution in [1.29, 1.82) is 0 Å². The minimum absolute atomic E-state index is 0.180. The first-order chi connectivity index (χ1) is 9.28. The lowest BCUT2D eigenvalue weighted by Gasteiger charge is -2.26. The Balaban J connectivity index is 1.71. The molecule has 0 N–H and O–H groups in total. The first-order valence-electron chi connectivity index (χ1n) is 7.24. The number of hydrogen-bond donors (Lipinski definition) is 0. The molecule has 3 nitrogen and oxygen atoms in total. The number of methoxy groups -OCH3 is 1. The smallest absolute Gasteiger partial charge is 0.254 e. The zero-order chi connectivity index (χ0) is 13.2. The van der Waals surface area contributed by atoms with Gasteiger partial charge < -0.3 is 9.64 Å². The maximum Gasteiger partial charge on any atom is 0.254 e. The second-order valence-electron chi connectivity index (χ2n) is 5.71.